The molecular formula is C5H13N3O4S. The fourth-order valence-corrected chi connectivity index (χ4v) is 0.673. The van der Waals surface area contributed by atoms with Crippen LogP contribution >= 0.6 is 0 Å². The van der Waals surface area contributed by atoms with Gasteiger partial charge in [0.15, 0.2) is 0 Å². The van der Waals surface area contributed by atoms with Crippen LogP contribution in [0.2, 0.25) is 0 Å². The molecule has 1 amide bonds. The summed E-state index contributed by atoms with van der Waals surface area (Å²) in [6, 6.07) is 0. The van der Waals surface area contributed by atoms with Gasteiger partial charge in [-0.2, -0.15) is 12.7 Å². The molecule has 0 aliphatic rings. The van der Waals surface area contributed by atoms with Gasteiger partial charge < -0.3 is 5.32 Å². The Morgan fingerprint density at radius 3 is 2.38 bits per heavy atom. The topological polar surface area (TPSA) is 87.7 Å². The average molecular weight is 211 g/mol. The Morgan fingerprint density at radius 2 is 2.00 bits per heavy atom. The SMILES string of the molecule is CNC(=O)CONS(=O)(=O)N(C)C. The maximum absolute atomic E-state index is 11.0. The molecule has 0 fully saturated rings. The van der Waals surface area contributed by atoms with Gasteiger partial charge in [0, 0.05) is 21.1 Å². The minimum absolute atomic E-state index is 0.358. The van der Waals surface area contributed by atoms with Crippen LogP contribution in [0.25, 0.3) is 0 Å². The van der Waals surface area contributed by atoms with E-state index < -0.39 is 16.1 Å². The number of nitrogens with one attached hydrogen (secondary N) is 2. The molecule has 13 heavy (non-hydrogen) atoms. The van der Waals surface area contributed by atoms with Crippen molar-refractivity contribution in [3.63, 3.8) is 0 Å². The number of hydrogen-bond donors (Lipinski definition) is 2. The molecule has 0 spiro atoms. The Hall–Kier alpha value is -0.700. The van der Waals surface area contributed by atoms with Gasteiger partial charge in [-0.05, 0) is 0 Å². The van der Waals surface area contributed by atoms with Crippen molar-refractivity contribution in [3.05, 3.63) is 0 Å². The number of likely N-dealkylation sites (N-methyl/N-ethyl adjacent to an activating group) is 1. The van der Waals surface area contributed by atoms with Crippen LogP contribution in [0.15, 0.2) is 0 Å². The van der Waals surface area contributed by atoms with E-state index in [1.54, 1.807) is 4.89 Å². The van der Waals surface area contributed by atoms with Gasteiger partial charge >= 0.3 is 10.2 Å². The Labute approximate surface area is 77.2 Å². The molecule has 0 heterocycles. The van der Waals surface area contributed by atoms with Crippen molar-refractivity contribution in [3.8, 4) is 0 Å². The third kappa shape index (κ3) is 4.78. The zero-order valence-electron chi connectivity index (χ0n) is 7.70. The van der Waals surface area contributed by atoms with Gasteiger partial charge in [0.1, 0.15) is 6.61 Å². The minimum atomic E-state index is -3.62. The fourth-order valence-electron chi connectivity index (χ4n) is 0.316. The van der Waals surface area contributed by atoms with Crippen molar-refractivity contribution >= 4 is 16.1 Å². The van der Waals surface area contributed by atoms with Gasteiger partial charge in [-0.3, -0.25) is 9.63 Å². The van der Waals surface area contributed by atoms with Crippen LogP contribution in [0, 0.1) is 0 Å². The molecule has 0 aliphatic heterocycles. The van der Waals surface area contributed by atoms with Crippen molar-refractivity contribution in [2.24, 2.45) is 0 Å². The van der Waals surface area contributed by atoms with Crippen molar-refractivity contribution in [1.82, 2.24) is 14.5 Å². The lowest BCUT2D eigenvalue weighted by Gasteiger charge is -2.11. The third-order valence-electron chi connectivity index (χ3n) is 1.13. The predicted molar refractivity (Wildman–Crippen MR) is 45.8 cm³/mol. The molecule has 0 saturated carbocycles. The highest BCUT2D eigenvalue weighted by Gasteiger charge is 2.12. The molecule has 0 aromatic carbocycles. The second-order valence-corrected chi connectivity index (χ2v) is 4.18. The van der Waals surface area contributed by atoms with Gasteiger partial charge in [-0.15, -0.1) is 0 Å². The van der Waals surface area contributed by atoms with E-state index in [2.05, 4.69) is 10.2 Å². The Morgan fingerprint density at radius 1 is 1.46 bits per heavy atom. The highest BCUT2D eigenvalue weighted by atomic mass is 32.2. The number of hydrogen-bond acceptors (Lipinski definition) is 4. The number of amides is 1. The van der Waals surface area contributed by atoms with E-state index in [4.69, 9.17) is 0 Å². The van der Waals surface area contributed by atoms with Crippen molar-refractivity contribution < 1.29 is 18.0 Å². The van der Waals surface area contributed by atoms with E-state index >= 15 is 0 Å². The summed E-state index contributed by atoms with van der Waals surface area (Å²) in [7, 11) is 0.480. The number of rotatable bonds is 5. The second kappa shape index (κ2) is 5.12. The molecule has 78 valence electrons. The van der Waals surface area contributed by atoms with Crippen molar-refractivity contribution in [2.45, 2.75) is 0 Å². The molecule has 0 atom stereocenters. The Kier molecular flexibility index (Phi) is 4.85. The van der Waals surface area contributed by atoms with Crippen molar-refractivity contribution in [2.75, 3.05) is 27.7 Å². The van der Waals surface area contributed by atoms with Crippen LogP contribution in [0.3, 0.4) is 0 Å². The third-order valence-corrected chi connectivity index (χ3v) is 2.42. The molecule has 0 unspecified atom stereocenters. The standard InChI is InChI=1S/C5H13N3O4S/c1-6-5(9)4-12-7-13(10,11)8(2)3/h7H,4H2,1-3H3,(H,6,9). The van der Waals surface area contributed by atoms with Gasteiger partial charge in [0.25, 0.3) is 0 Å². The van der Waals surface area contributed by atoms with Gasteiger partial charge in [0.05, 0.1) is 0 Å². The molecule has 7 nitrogen and oxygen atoms in total. The molecular weight excluding hydrogens is 198 g/mol. The molecule has 0 aromatic heterocycles. The summed E-state index contributed by atoms with van der Waals surface area (Å²) < 4.78 is 22.8. The molecule has 8 heteroatoms. The first kappa shape index (κ1) is 12.3. The van der Waals surface area contributed by atoms with Gasteiger partial charge in [-0.25, -0.2) is 0 Å². The van der Waals surface area contributed by atoms with Crippen LogP contribution in [-0.2, 0) is 19.8 Å². The quantitative estimate of drug-likeness (QED) is 0.518. The van der Waals surface area contributed by atoms with E-state index in [0.29, 0.717) is 0 Å². The van der Waals surface area contributed by atoms with Crippen LogP contribution in [-0.4, -0.2) is 46.4 Å². The summed E-state index contributed by atoms with van der Waals surface area (Å²) >= 11 is 0. The van der Waals surface area contributed by atoms with Crippen LogP contribution in [0.4, 0.5) is 0 Å². The first-order valence-electron chi connectivity index (χ1n) is 3.41. The Balaban J connectivity index is 3.84. The monoisotopic (exact) mass is 211 g/mol. The fraction of sp³-hybridized carbons (Fsp3) is 0.800. The normalized spacial score (nSPS) is 11.7. The highest BCUT2D eigenvalue weighted by Crippen LogP contribution is 1.87. The minimum Gasteiger partial charge on any atom is -0.357 e. The lowest BCUT2D eigenvalue weighted by atomic mass is 10.7. The zero-order valence-corrected chi connectivity index (χ0v) is 8.51. The Bertz CT molecular complexity index is 261. The van der Waals surface area contributed by atoms with Crippen molar-refractivity contribution in [1.29, 1.82) is 0 Å². The van der Waals surface area contributed by atoms with E-state index in [-0.39, 0.29) is 6.61 Å². The summed E-state index contributed by atoms with van der Waals surface area (Å²) in [4.78, 5) is 16.8. The molecule has 0 aliphatic carbocycles. The average Bonchev–Trinajstić information content (AvgIpc) is 2.03. The zero-order chi connectivity index (χ0) is 10.5. The largest absolute Gasteiger partial charge is 0.357 e. The number of carbonyl (C=O) groups is 1. The van der Waals surface area contributed by atoms with E-state index in [0.717, 1.165) is 4.31 Å². The smallest absolute Gasteiger partial charge is 0.301 e. The summed E-state index contributed by atoms with van der Waals surface area (Å²) in [5, 5.41) is 2.27. The first-order valence-corrected chi connectivity index (χ1v) is 4.85. The van der Waals surface area contributed by atoms with Gasteiger partial charge in [0.2, 0.25) is 5.91 Å². The van der Waals surface area contributed by atoms with E-state index in [9.17, 15) is 13.2 Å². The molecule has 2 N–H and O–H groups in total. The first-order chi connectivity index (χ1) is 5.90. The molecule has 0 bridgehead atoms. The van der Waals surface area contributed by atoms with Crippen LogP contribution in [0.5, 0.6) is 0 Å². The van der Waals surface area contributed by atoms with Gasteiger partial charge in [-0.1, -0.05) is 4.89 Å². The summed E-state index contributed by atoms with van der Waals surface area (Å²) in [6.07, 6.45) is 0. The number of carbonyl (C=O) groups excluding carboxylic acids is 1. The molecule has 0 aromatic rings. The predicted octanol–water partition coefficient (Wildman–Crippen LogP) is -1.94. The van der Waals surface area contributed by atoms with Crippen LogP contribution < -0.4 is 10.2 Å². The maximum atomic E-state index is 11.0. The maximum Gasteiger partial charge on any atom is 0.301 e. The molecule has 0 radical (unpaired) electrons. The second-order valence-electron chi connectivity index (χ2n) is 2.33. The number of nitrogens with zero attached hydrogens (tertiary/aromatic N) is 1. The van der Waals surface area contributed by atoms with Crippen LogP contribution in [0.1, 0.15) is 0 Å². The lowest BCUT2D eigenvalue weighted by molar-refractivity contribution is -0.126. The molecule has 0 rings (SSSR count). The van der Waals surface area contributed by atoms with E-state index in [1.165, 1.54) is 21.1 Å². The summed E-state index contributed by atoms with van der Waals surface area (Å²) in [5.74, 6) is -0.415. The molecule has 0 saturated heterocycles. The lowest BCUT2D eigenvalue weighted by Crippen LogP contribution is -2.38. The summed E-state index contributed by atoms with van der Waals surface area (Å²) in [6.45, 7) is -0.358. The highest BCUT2D eigenvalue weighted by molar-refractivity contribution is 7.86. The summed E-state index contributed by atoms with van der Waals surface area (Å²) in [5.41, 5.74) is 0. The van der Waals surface area contributed by atoms with E-state index in [1.807, 2.05) is 0 Å².